The van der Waals surface area contributed by atoms with Crippen LogP contribution in [-0.2, 0) is 9.59 Å². The van der Waals surface area contributed by atoms with Gasteiger partial charge >= 0.3 is 0 Å². The fourth-order valence-electron chi connectivity index (χ4n) is 2.97. The molecule has 1 heterocycles. The van der Waals surface area contributed by atoms with Crippen molar-refractivity contribution in [1.29, 1.82) is 0 Å². The van der Waals surface area contributed by atoms with Crippen molar-refractivity contribution < 1.29 is 24.5 Å². The van der Waals surface area contributed by atoms with Crippen LogP contribution in [0.5, 0.6) is 5.75 Å². The lowest BCUT2D eigenvalue weighted by Crippen LogP contribution is -2.33. The molecule has 2 N–H and O–H groups in total. The van der Waals surface area contributed by atoms with E-state index in [9.17, 15) is 19.8 Å². The van der Waals surface area contributed by atoms with Crippen LogP contribution in [0.3, 0.4) is 0 Å². The van der Waals surface area contributed by atoms with E-state index in [0.717, 1.165) is 0 Å². The first-order valence-electron chi connectivity index (χ1n) is 7.93. The number of hydrogen-bond donors (Lipinski definition) is 2. The number of aliphatic hydroxyl groups excluding tert-OH is 2. The molecule has 1 aromatic carbocycles. The first kappa shape index (κ1) is 18.0. The number of hydrogen-bond acceptors (Lipinski definition) is 5. The highest BCUT2D eigenvalue weighted by molar-refractivity contribution is 6.09. The normalized spacial score (nSPS) is 17.8. The number of para-hydroxylation sites is 1. The first-order valence-corrected chi connectivity index (χ1v) is 7.93. The Kier molecular flexibility index (Phi) is 5.62. The maximum absolute atomic E-state index is 12.6. The van der Waals surface area contributed by atoms with Crippen LogP contribution in [0, 0.1) is 5.92 Å². The summed E-state index contributed by atoms with van der Waals surface area (Å²) in [5, 5.41) is 19.6. The standard InChI is InChI=1S/C18H23NO5/c1-11(2)10-13(21)15-16(12-6-4-5-7-14(12)24-3)19(8-9-20)18(23)17(15)22/h4-7,11,16,20,22H,8-10H2,1-3H3. The molecule has 6 nitrogen and oxygen atoms in total. The third-order valence-corrected chi connectivity index (χ3v) is 3.97. The van der Waals surface area contributed by atoms with Crippen LogP contribution in [0.4, 0.5) is 0 Å². The van der Waals surface area contributed by atoms with Gasteiger partial charge in [0.2, 0.25) is 0 Å². The predicted molar refractivity (Wildman–Crippen MR) is 88.7 cm³/mol. The van der Waals surface area contributed by atoms with Crippen LogP contribution >= 0.6 is 0 Å². The fourth-order valence-corrected chi connectivity index (χ4v) is 2.97. The van der Waals surface area contributed by atoms with Gasteiger partial charge < -0.3 is 19.8 Å². The number of carbonyl (C=O) groups excluding carboxylic acids is 2. The van der Waals surface area contributed by atoms with E-state index >= 15 is 0 Å². The molecule has 0 aromatic heterocycles. The zero-order chi connectivity index (χ0) is 17.9. The van der Waals surface area contributed by atoms with Gasteiger partial charge in [0.05, 0.1) is 25.3 Å². The van der Waals surface area contributed by atoms with E-state index in [4.69, 9.17) is 4.74 Å². The minimum absolute atomic E-state index is 0.0179. The number of amides is 1. The Balaban J connectivity index is 2.56. The van der Waals surface area contributed by atoms with Gasteiger partial charge in [-0.15, -0.1) is 0 Å². The van der Waals surface area contributed by atoms with Gasteiger partial charge in [0.1, 0.15) is 5.75 Å². The number of aliphatic hydroxyl groups is 2. The van der Waals surface area contributed by atoms with Crippen molar-refractivity contribution in [3.05, 3.63) is 41.2 Å². The molecule has 1 unspecified atom stereocenters. The van der Waals surface area contributed by atoms with E-state index < -0.39 is 17.7 Å². The third kappa shape index (κ3) is 3.28. The van der Waals surface area contributed by atoms with Crippen molar-refractivity contribution in [3.8, 4) is 5.75 Å². The van der Waals surface area contributed by atoms with Crippen LogP contribution in [-0.4, -0.2) is 47.1 Å². The molecule has 0 radical (unpaired) electrons. The highest BCUT2D eigenvalue weighted by Crippen LogP contribution is 2.41. The van der Waals surface area contributed by atoms with E-state index in [2.05, 4.69) is 0 Å². The molecule has 1 aliphatic rings. The Bertz CT molecular complexity index is 665. The summed E-state index contributed by atoms with van der Waals surface area (Å²) in [4.78, 5) is 26.3. The summed E-state index contributed by atoms with van der Waals surface area (Å²) in [6.45, 7) is 3.55. The van der Waals surface area contributed by atoms with Crippen LogP contribution in [0.25, 0.3) is 0 Å². The second-order valence-electron chi connectivity index (χ2n) is 6.15. The number of methoxy groups -OCH3 is 1. The van der Waals surface area contributed by atoms with Gasteiger partial charge in [-0.05, 0) is 12.0 Å². The molecule has 2 rings (SSSR count). The van der Waals surface area contributed by atoms with Gasteiger partial charge in [0.25, 0.3) is 5.91 Å². The summed E-state index contributed by atoms with van der Waals surface area (Å²) in [7, 11) is 1.51. The lowest BCUT2D eigenvalue weighted by atomic mass is 9.91. The number of rotatable bonds is 7. The van der Waals surface area contributed by atoms with E-state index in [1.807, 2.05) is 13.8 Å². The topological polar surface area (TPSA) is 87.1 Å². The lowest BCUT2D eigenvalue weighted by Gasteiger charge is -2.27. The monoisotopic (exact) mass is 333 g/mol. The second-order valence-corrected chi connectivity index (χ2v) is 6.15. The van der Waals surface area contributed by atoms with Gasteiger partial charge in [-0.25, -0.2) is 0 Å². The van der Waals surface area contributed by atoms with Crippen LogP contribution < -0.4 is 4.74 Å². The first-order chi connectivity index (χ1) is 11.4. The SMILES string of the molecule is COc1ccccc1C1C(C(=O)CC(C)C)=C(O)C(=O)N1CCO. The zero-order valence-corrected chi connectivity index (χ0v) is 14.2. The molecular weight excluding hydrogens is 310 g/mol. The number of nitrogens with zero attached hydrogens (tertiary/aromatic N) is 1. The average molecular weight is 333 g/mol. The largest absolute Gasteiger partial charge is 0.503 e. The molecule has 0 fully saturated rings. The van der Waals surface area contributed by atoms with E-state index in [-0.39, 0.29) is 36.8 Å². The van der Waals surface area contributed by atoms with Crippen molar-refractivity contribution in [1.82, 2.24) is 4.90 Å². The molecule has 24 heavy (non-hydrogen) atoms. The Morgan fingerprint density at radius 3 is 2.58 bits per heavy atom. The average Bonchev–Trinajstić information content (AvgIpc) is 2.79. The quantitative estimate of drug-likeness (QED) is 0.797. The number of β-amino-alcohol motifs (C(OH)–C–C–N with tert-alkyl or cyclic N) is 1. The van der Waals surface area contributed by atoms with Gasteiger partial charge in [0.15, 0.2) is 11.5 Å². The molecule has 0 bridgehead atoms. The van der Waals surface area contributed by atoms with Crippen molar-refractivity contribution >= 4 is 11.7 Å². The second kappa shape index (κ2) is 7.49. The Morgan fingerprint density at radius 1 is 1.33 bits per heavy atom. The summed E-state index contributed by atoms with van der Waals surface area (Å²) in [6, 6.07) is 6.29. The minimum atomic E-state index is -0.757. The fraction of sp³-hybridized carbons (Fsp3) is 0.444. The summed E-state index contributed by atoms with van der Waals surface area (Å²) in [5.74, 6) is -0.842. The van der Waals surface area contributed by atoms with Crippen molar-refractivity contribution in [2.75, 3.05) is 20.3 Å². The minimum Gasteiger partial charge on any atom is -0.503 e. The van der Waals surface area contributed by atoms with E-state index in [1.165, 1.54) is 12.0 Å². The Labute approximate surface area is 141 Å². The third-order valence-electron chi connectivity index (χ3n) is 3.97. The van der Waals surface area contributed by atoms with Crippen LogP contribution in [0.15, 0.2) is 35.6 Å². The van der Waals surface area contributed by atoms with Crippen LogP contribution in [0.1, 0.15) is 31.9 Å². The number of carbonyl (C=O) groups is 2. The Morgan fingerprint density at radius 2 is 2.00 bits per heavy atom. The highest BCUT2D eigenvalue weighted by Gasteiger charge is 2.44. The summed E-state index contributed by atoms with van der Waals surface area (Å²) >= 11 is 0. The number of ketones is 1. The molecule has 1 amide bonds. The predicted octanol–water partition coefficient (Wildman–Crippen LogP) is 2.00. The zero-order valence-electron chi connectivity index (χ0n) is 14.2. The van der Waals surface area contributed by atoms with Gasteiger partial charge in [0, 0.05) is 18.5 Å². The maximum Gasteiger partial charge on any atom is 0.290 e. The number of Topliss-reactive ketones (excluding diaryl/α,β-unsaturated/α-hetero) is 1. The molecule has 0 saturated heterocycles. The maximum atomic E-state index is 12.6. The molecule has 0 saturated carbocycles. The molecule has 6 heteroatoms. The van der Waals surface area contributed by atoms with Gasteiger partial charge in [-0.2, -0.15) is 0 Å². The smallest absolute Gasteiger partial charge is 0.290 e. The van der Waals surface area contributed by atoms with Gasteiger partial charge in [-0.1, -0.05) is 32.0 Å². The summed E-state index contributed by atoms with van der Waals surface area (Å²) in [6.07, 6.45) is 0.227. The molecule has 130 valence electrons. The van der Waals surface area contributed by atoms with Crippen molar-refractivity contribution in [3.63, 3.8) is 0 Å². The molecule has 1 atom stereocenters. The molecular formula is C18H23NO5. The molecule has 1 aliphatic heterocycles. The number of benzene rings is 1. The summed E-state index contributed by atoms with van der Waals surface area (Å²) in [5.41, 5.74) is 0.685. The Hall–Kier alpha value is -2.34. The molecule has 0 aliphatic carbocycles. The highest BCUT2D eigenvalue weighted by atomic mass is 16.5. The summed E-state index contributed by atoms with van der Waals surface area (Å²) < 4.78 is 5.35. The van der Waals surface area contributed by atoms with Crippen molar-refractivity contribution in [2.45, 2.75) is 26.3 Å². The van der Waals surface area contributed by atoms with Crippen molar-refractivity contribution in [2.24, 2.45) is 5.92 Å². The molecule has 0 spiro atoms. The van der Waals surface area contributed by atoms with Crippen LogP contribution in [0.2, 0.25) is 0 Å². The van der Waals surface area contributed by atoms with E-state index in [0.29, 0.717) is 11.3 Å². The molecule has 1 aromatic rings. The lowest BCUT2D eigenvalue weighted by molar-refractivity contribution is -0.129. The van der Waals surface area contributed by atoms with Gasteiger partial charge in [-0.3, -0.25) is 9.59 Å². The van der Waals surface area contributed by atoms with E-state index in [1.54, 1.807) is 24.3 Å². The number of ether oxygens (including phenoxy) is 1.